The highest BCUT2D eigenvalue weighted by Crippen LogP contribution is 2.33. The maximum atomic E-state index is 9.18. The lowest BCUT2D eigenvalue weighted by atomic mass is 9.87. The molecule has 0 amide bonds. The number of hydrogen-bond donors (Lipinski definition) is 1. The van der Waals surface area contributed by atoms with Gasteiger partial charge in [0, 0.05) is 24.8 Å². The first-order valence-electron chi connectivity index (χ1n) is 7.55. The Kier molecular flexibility index (Phi) is 3.09. The second kappa shape index (κ2) is 5.14. The van der Waals surface area contributed by atoms with Gasteiger partial charge in [0.1, 0.15) is 23.1 Å². The molecule has 1 aliphatic rings. The largest absolute Gasteiger partial charge is 0.341 e. The lowest BCUT2D eigenvalue weighted by molar-refractivity contribution is 0.00951. The molecule has 1 saturated heterocycles. The predicted octanol–water partition coefficient (Wildman–Crippen LogP) is 1.16. The monoisotopic (exact) mass is 308 g/mol. The Labute approximate surface area is 132 Å². The van der Waals surface area contributed by atoms with Gasteiger partial charge in [0.05, 0.1) is 25.0 Å². The molecule has 4 heterocycles. The van der Waals surface area contributed by atoms with Crippen LogP contribution in [-0.2, 0) is 5.54 Å². The van der Waals surface area contributed by atoms with Crippen LogP contribution in [0.2, 0.25) is 0 Å². The van der Waals surface area contributed by atoms with Crippen molar-refractivity contribution in [1.29, 1.82) is 5.26 Å². The van der Waals surface area contributed by atoms with E-state index in [2.05, 4.69) is 42.9 Å². The molecule has 1 fully saturated rings. The molecule has 116 valence electrons. The van der Waals surface area contributed by atoms with Crippen molar-refractivity contribution in [1.82, 2.24) is 34.6 Å². The van der Waals surface area contributed by atoms with Crippen molar-refractivity contribution in [3.05, 3.63) is 25.0 Å². The third-order valence-electron chi connectivity index (χ3n) is 4.46. The molecule has 1 aliphatic heterocycles. The van der Waals surface area contributed by atoms with Crippen LogP contribution in [0, 0.1) is 11.3 Å². The summed E-state index contributed by atoms with van der Waals surface area (Å²) in [6, 6.07) is 2.30. The normalized spacial score (nSPS) is 17.0. The number of likely N-dealkylation sites (tertiary alicyclic amines) is 1. The molecular weight excluding hydrogens is 292 g/mol. The van der Waals surface area contributed by atoms with Crippen LogP contribution >= 0.6 is 0 Å². The van der Waals surface area contributed by atoms with E-state index in [1.165, 1.54) is 6.33 Å². The van der Waals surface area contributed by atoms with Gasteiger partial charge < -0.3 is 4.98 Å². The number of imidazole rings is 1. The zero-order chi connectivity index (χ0) is 15.9. The summed E-state index contributed by atoms with van der Waals surface area (Å²) in [5.74, 6) is 0. The van der Waals surface area contributed by atoms with Crippen LogP contribution in [-0.4, -0.2) is 54.3 Å². The summed E-state index contributed by atoms with van der Waals surface area (Å²) in [5.41, 5.74) is 2.87. The van der Waals surface area contributed by atoms with E-state index in [1.807, 2.05) is 10.9 Å². The second-order valence-corrected chi connectivity index (χ2v) is 5.86. The number of nitriles is 1. The maximum absolute atomic E-state index is 9.18. The SMILES string of the molecule is CCN1CC(CC#N)(n2cc(-c3ncnc4nc[nH]c34)cn2)C1. The molecule has 0 spiro atoms. The molecule has 0 bridgehead atoms. The fourth-order valence-electron chi connectivity index (χ4n) is 3.18. The van der Waals surface area contributed by atoms with Crippen LogP contribution < -0.4 is 0 Å². The number of H-pyrrole nitrogens is 1. The number of rotatable bonds is 4. The van der Waals surface area contributed by atoms with Crippen molar-refractivity contribution in [2.75, 3.05) is 19.6 Å². The number of aromatic nitrogens is 6. The zero-order valence-corrected chi connectivity index (χ0v) is 12.8. The molecule has 23 heavy (non-hydrogen) atoms. The molecule has 0 saturated carbocycles. The maximum Gasteiger partial charge on any atom is 0.181 e. The average Bonchev–Trinajstić information content (AvgIpc) is 3.18. The Bertz CT molecular complexity index is 880. The molecule has 0 radical (unpaired) electrons. The van der Waals surface area contributed by atoms with Crippen LogP contribution in [0.5, 0.6) is 0 Å². The molecule has 0 unspecified atom stereocenters. The molecule has 0 aliphatic carbocycles. The Morgan fingerprint density at radius 2 is 2.22 bits per heavy atom. The molecule has 1 N–H and O–H groups in total. The molecule has 4 rings (SSSR count). The molecule has 3 aromatic rings. The Balaban J connectivity index is 1.72. The van der Waals surface area contributed by atoms with Crippen molar-refractivity contribution in [2.24, 2.45) is 0 Å². The third-order valence-corrected chi connectivity index (χ3v) is 4.46. The van der Waals surface area contributed by atoms with E-state index >= 15 is 0 Å². The van der Waals surface area contributed by atoms with E-state index in [0.29, 0.717) is 12.1 Å². The fraction of sp³-hybridized carbons (Fsp3) is 0.400. The van der Waals surface area contributed by atoms with Crippen LogP contribution in [0.3, 0.4) is 0 Å². The topological polar surface area (TPSA) is 99.3 Å². The predicted molar refractivity (Wildman–Crippen MR) is 83.2 cm³/mol. The standard InChI is InChI=1S/C15H16N8/c1-2-22-7-15(8-22,3-4-16)23-6-11(5-21-23)12-13-14(19-9-17-12)20-10-18-13/h5-6,9-10H,2-3,7-8H2,1H3,(H,17,18,19,20). The summed E-state index contributed by atoms with van der Waals surface area (Å²) in [5, 5.41) is 13.7. The van der Waals surface area contributed by atoms with E-state index in [1.54, 1.807) is 12.5 Å². The number of nitrogens with zero attached hydrogens (tertiary/aromatic N) is 7. The molecule has 0 aromatic carbocycles. The van der Waals surface area contributed by atoms with E-state index in [0.717, 1.165) is 36.4 Å². The molecule has 8 heteroatoms. The highest BCUT2D eigenvalue weighted by molar-refractivity contribution is 5.86. The molecule has 0 atom stereocenters. The van der Waals surface area contributed by atoms with E-state index in [4.69, 9.17) is 0 Å². The first-order chi connectivity index (χ1) is 11.3. The number of hydrogen-bond acceptors (Lipinski definition) is 6. The minimum atomic E-state index is -0.233. The lowest BCUT2D eigenvalue weighted by Crippen LogP contribution is -2.62. The first-order valence-corrected chi connectivity index (χ1v) is 7.55. The van der Waals surface area contributed by atoms with Crippen LogP contribution in [0.4, 0.5) is 0 Å². The molecule has 8 nitrogen and oxygen atoms in total. The van der Waals surface area contributed by atoms with Crippen molar-refractivity contribution in [2.45, 2.75) is 18.9 Å². The summed E-state index contributed by atoms with van der Waals surface area (Å²) in [7, 11) is 0. The molecule has 3 aromatic heterocycles. The van der Waals surface area contributed by atoms with E-state index in [-0.39, 0.29) is 5.54 Å². The summed E-state index contributed by atoms with van der Waals surface area (Å²) < 4.78 is 1.92. The van der Waals surface area contributed by atoms with E-state index < -0.39 is 0 Å². The van der Waals surface area contributed by atoms with Crippen molar-refractivity contribution in [3.63, 3.8) is 0 Å². The highest BCUT2D eigenvalue weighted by atomic mass is 15.4. The van der Waals surface area contributed by atoms with Gasteiger partial charge in [0.15, 0.2) is 5.65 Å². The highest BCUT2D eigenvalue weighted by Gasteiger charge is 2.44. The Morgan fingerprint density at radius 3 is 3.00 bits per heavy atom. The van der Waals surface area contributed by atoms with Gasteiger partial charge in [-0.25, -0.2) is 15.0 Å². The average molecular weight is 308 g/mol. The minimum Gasteiger partial charge on any atom is -0.341 e. The van der Waals surface area contributed by atoms with Gasteiger partial charge in [-0.15, -0.1) is 0 Å². The van der Waals surface area contributed by atoms with Crippen LogP contribution in [0.1, 0.15) is 13.3 Å². The summed E-state index contributed by atoms with van der Waals surface area (Å²) in [6.07, 6.45) is 7.32. The van der Waals surface area contributed by atoms with Gasteiger partial charge in [-0.3, -0.25) is 9.58 Å². The smallest absolute Gasteiger partial charge is 0.181 e. The number of aromatic amines is 1. The zero-order valence-electron chi connectivity index (χ0n) is 12.8. The number of likely N-dealkylation sites (N-methyl/N-ethyl adjacent to an activating group) is 1. The van der Waals surface area contributed by atoms with Gasteiger partial charge in [-0.05, 0) is 6.54 Å². The van der Waals surface area contributed by atoms with Gasteiger partial charge in [-0.1, -0.05) is 6.92 Å². The Hall–Kier alpha value is -2.79. The molecular formula is C15H16N8. The first kappa shape index (κ1) is 13.8. The van der Waals surface area contributed by atoms with Crippen molar-refractivity contribution < 1.29 is 0 Å². The number of nitrogens with one attached hydrogen (secondary N) is 1. The van der Waals surface area contributed by atoms with Gasteiger partial charge in [0.25, 0.3) is 0 Å². The summed E-state index contributed by atoms with van der Waals surface area (Å²) >= 11 is 0. The van der Waals surface area contributed by atoms with Gasteiger partial charge >= 0.3 is 0 Å². The second-order valence-electron chi connectivity index (χ2n) is 5.86. The van der Waals surface area contributed by atoms with E-state index in [9.17, 15) is 5.26 Å². The number of fused-ring (bicyclic) bond motifs is 1. The van der Waals surface area contributed by atoms with Crippen molar-refractivity contribution in [3.8, 4) is 17.3 Å². The fourth-order valence-corrected chi connectivity index (χ4v) is 3.18. The summed E-state index contributed by atoms with van der Waals surface area (Å²) in [6.45, 7) is 4.81. The third kappa shape index (κ3) is 2.09. The lowest BCUT2D eigenvalue weighted by Gasteiger charge is -2.48. The van der Waals surface area contributed by atoms with Crippen molar-refractivity contribution >= 4 is 11.2 Å². The van der Waals surface area contributed by atoms with Crippen LogP contribution in [0.15, 0.2) is 25.0 Å². The Morgan fingerprint density at radius 1 is 1.35 bits per heavy atom. The van der Waals surface area contributed by atoms with Gasteiger partial charge in [-0.2, -0.15) is 10.4 Å². The van der Waals surface area contributed by atoms with Crippen LogP contribution in [0.25, 0.3) is 22.4 Å². The summed E-state index contributed by atoms with van der Waals surface area (Å²) in [4.78, 5) is 18.0. The van der Waals surface area contributed by atoms with Gasteiger partial charge in [0.2, 0.25) is 0 Å². The minimum absolute atomic E-state index is 0.233. The quantitative estimate of drug-likeness (QED) is 0.776.